The Morgan fingerprint density at radius 1 is 1.24 bits per heavy atom. The van der Waals surface area contributed by atoms with Crippen LogP contribution >= 0.6 is 0 Å². The summed E-state index contributed by atoms with van der Waals surface area (Å²) in [7, 11) is 0. The Kier molecular flexibility index (Phi) is 6.07. The molecule has 0 aromatic carbocycles. The molecule has 1 unspecified atom stereocenters. The number of ether oxygens (including phenoxy) is 1. The van der Waals surface area contributed by atoms with Crippen LogP contribution in [0.25, 0.3) is 0 Å². The van der Waals surface area contributed by atoms with E-state index in [4.69, 9.17) is 4.74 Å². The summed E-state index contributed by atoms with van der Waals surface area (Å²) in [5.41, 5.74) is 1.02. The lowest BCUT2D eigenvalue weighted by Crippen LogP contribution is -2.43. The summed E-state index contributed by atoms with van der Waals surface area (Å²) >= 11 is 0. The fraction of sp³-hybridized carbons (Fsp3) is 0.722. The predicted molar refractivity (Wildman–Crippen MR) is 92.8 cm³/mol. The third-order valence-corrected chi connectivity index (χ3v) is 4.97. The lowest BCUT2D eigenvalue weighted by Gasteiger charge is -2.34. The van der Waals surface area contributed by atoms with E-state index < -0.39 is 0 Å². The third-order valence-electron chi connectivity index (χ3n) is 4.97. The molecule has 1 fully saturated rings. The molecule has 0 spiro atoms. The minimum atomic E-state index is -0.0318. The first-order valence-electron chi connectivity index (χ1n) is 9.34. The minimum absolute atomic E-state index is 0.0318. The molecule has 1 saturated heterocycles. The summed E-state index contributed by atoms with van der Waals surface area (Å²) in [6.45, 7) is 5.47. The van der Waals surface area contributed by atoms with Crippen molar-refractivity contribution in [2.45, 2.75) is 51.6 Å². The lowest BCUT2D eigenvalue weighted by molar-refractivity contribution is -0.137. The van der Waals surface area contributed by atoms with Gasteiger partial charge in [0, 0.05) is 32.3 Å². The number of rotatable bonds is 7. The van der Waals surface area contributed by atoms with Gasteiger partial charge in [0.05, 0.1) is 24.9 Å². The van der Waals surface area contributed by atoms with Crippen LogP contribution in [0.4, 0.5) is 0 Å². The Bertz CT molecular complexity index is 595. The molecule has 7 heteroatoms. The molecular formula is C18H28N4O3. The first kappa shape index (κ1) is 17.9. The number of fused-ring (bicyclic) bond motifs is 1. The molecule has 0 N–H and O–H groups in total. The van der Waals surface area contributed by atoms with Crippen molar-refractivity contribution < 1.29 is 14.3 Å². The molecule has 0 saturated carbocycles. The average molecular weight is 348 g/mol. The number of amides is 2. The minimum Gasteiger partial charge on any atom is -0.369 e. The van der Waals surface area contributed by atoms with Crippen molar-refractivity contribution in [1.29, 1.82) is 0 Å². The van der Waals surface area contributed by atoms with Crippen molar-refractivity contribution >= 4 is 11.8 Å². The number of nitrogens with zero attached hydrogens (tertiary/aromatic N) is 4. The van der Waals surface area contributed by atoms with Crippen LogP contribution in [0.3, 0.4) is 0 Å². The molecule has 1 atom stereocenters. The van der Waals surface area contributed by atoms with Crippen molar-refractivity contribution in [3.8, 4) is 0 Å². The molecule has 25 heavy (non-hydrogen) atoms. The van der Waals surface area contributed by atoms with Crippen LogP contribution < -0.4 is 0 Å². The number of aromatic nitrogens is 2. The van der Waals surface area contributed by atoms with Gasteiger partial charge in [-0.25, -0.2) is 0 Å². The van der Waals surface area contributed by atoms with Gasteiger partial charge in [-0.05, 0) is 25.3 Å². The SMILES string of the molecule is CCCCC(=O)N1Cc2ccnn2C(COCC(=O)N2CCCC2)C1. The molecule has 2 aliphatic heterocycles. The Balaban J connectivity index is 1.54. The first-order chi connectivity index (χ1) is 12.2. The average Bonchev–Trinajstić information content (AvgIpc) is 3.30. The van der Waals surface area contributed by atoms with Gasteiger partial charge in [0.2, 0.25) is 11.8 Å². The smallest absolute Gasteiger partial charge is 0.248 e. The highest BCUT2D eigenvalue weighted by Crippen LogP contribution is 2.21. The van der Waals surface area contributed by atoms with Gasteiger partial charge in [-0.1, -0.05) is 13.3 Å². The molecule has 3 heterocycles. The Morgan fingerprint density at radius 2 is 2.04 bits per heavy atom. The summed E-state index contributed by atoms with van der Waals surface area (Å²) in [5, 5.41) is 4.37. The summed E-state index contributed by atoms with van der Waals surface area (Å²) in [6.07, 6.45) is 6.45. The second kappa shape index (κ2) is 8.47. The molecule has 1 aromatic rings. The maximum atomic E-state index is 12.4. The second-order valence-electron chi connectivity index (χ2n) is 6.90. The van der Waals surface area contributed by atoms with Crippen LogP contribution in [0.1, 0.15) is 50.8 Å². The summed E-state index contributed by atoms with van der Waals surface area (Å²) in [6, 6.07) is 1.91. The normalized spacial score (nSPS) is 20.0. The van der Waals surface area contributed by atoms with Gasteiger partial charge >= 0.3 is 0 Å². The fourth-order valence-corrected chi connectivity index (χ4v) is 3.53. The van der Waals surface area contributed by atoms with Crippen LogP contribution in [-0.4, -0.2) is 64.2 Å². The molecule has 2 amide bonds. The number of hydrogen-bond acceptors (Lipinski definition) is 4. The van der Waals surface area contributed by atoms with Gasteiger partial charge in [-0.2, -0.15) is 5.10 Å². The maximum absolute atomic E-state index is 12.4. The zero-order valence-corrected chi connectivity index (χ0v) is 15.0. The van der Waals surface area contributed by atoms with Crippen LogP contribution in [0.5, 0.6) is 0 Å². The van der Waals surface area contributed by atoms with Crippen LogP contribution in [0.2, 0.25) is 0 Å². The van der Waals surface area contributed by atoms with Crippen LogP contribution in [0.15, 0.2) is 12.3 Å². The van der Waals surface area contributed by atoms with E-state index >= 15 is 0 Å². The number of carbonyl (C=O) groups excluding carboxylic acids is 2. The zero-order valence-electron chi connectivity index (χ0n) is 15.0. The van der Waals surface area contributed by atoms with Gasteiger partial charge < -0.3 is 14.5 Å². The topological polar surface area (TPSA) is 67.7 Å². The second-order valence-corrected chi connectivity index (χ2v) is 6.90. The van der Waals surface area contributed by atoms with E-state index in [1.54, 1.807) is 6.20 Å². The van der Waals surface area contributed by atoms with E-state index in [1.165, 1.54) is 0 Å². The number of unbranched alkanes of at least 4 members (excludes halogenated alkanes) is 1. The predicted octanol–water partition coefficient (Wildman–Crippen LogP) is 1.60. The summed E-state index contributed by atoms with van der Waals surface area (Å²) < 4.78 is 7.63. The Hall–Kier alpha value is -1.89. The van der Waals surface area contributed by atoms with Crippen molar-refractivity contribution in [3.63, 3.8) is 0 Å². The van der Waals surface area contributed by atoms with E-state index in [9.17, 15) is 9.59 Å². The fourth-order valence-electron chi connectivity index (χ4n) is 3.53. The van der Waals surface area contributed by atoms with Gasteiger partial charge in [0.1, 0.15) is 6.61 Å². The first-order valence-corrected chi connectivity index (χ1v) is 9.34. The number of likely N-dealkylation sites (tertiary alicyclic amines) is 1. The maximum Gasteiger partial charge on any atom is 0.248 e. The van der Waals surface area contributed by atoms with Crippen molar-refractivity contribution in [3.05, 3.63) is 18.0 Å². The summed E-state index contributed by atoms with van der Waals surface area (Å²) in [5.74, 6) is 0.248. The number of hydrogen-bond donors (Lipinski definition) is 0. The summed E-state index contributed by atoms with van der Waals surface area (Å²) in [4.78, 5) is 28.2. The van der Waals surface area contributed by atoms with E-state index in [1.807, 2.05) is 20.5 Å². The third kappa shape index (κ3) is 4.39. The Morgan fingerprint density at radius 3 is 2.80 bits per heavy atom. The van der Waals surface area contributed by atoms with E-state index in [2.05, 4.69) is 12.0 Å². The van der Waals surface area contributed by atoms with Crippen molar-refractivity contribution in [2.24, 2.45) is 0 Å². The van der Waals surface area contributed by atoms with Crippen LogP contribution in [0, 0.1) is 0 Å². The standard InChI is InChI=1S/C18H28N4O3/c1-2-3-6-17(23)21-11-15-7-8-19-22(15)16(12-21)13-25-14-18(24)20-9-4-5-10-20/h7-8,16H,2-6,9-14H2,1H3. The number of carbonyl (C=O) groups is 2. The van der Waals surface area contributed by atoms with E-state index in [-0.39, 0.29) is 24.5 Å². The largest absolute Gasteiger partial charge is 0.369 e. The highest BCUT2D eigenvalue weighted by molar-refractivity contribution is 5.77. The molecule has 0 bridgehead atoms. The quantitative estimate of drug-likeness (QED) is 0.750. The van der Waals surface area contributed by atoms with Gasteiger partial charge in [0.25, 0.3) is 0 Å². The molecule has 0 radical (unpaired) electrons. The van der Waals surface area contributed by atoms with Crippen LogP contribution in [-0.2, 0) is 20.9 Å². The molecule has 2 aliphatic rings. The van der Waals surface area contributed by atoms with Gasteiger partial charge in [0.15, 0.2) is 0 Å². The molecule has 0 aliphatic carbocycles. The Labute approximate surface area is 148 Å². The van der Waals surface area contributed by atoms with Gasteiger partial charge in [-0.15, -0.1) is 0 Å². The van der Waals surface area contributed by atoms with Crippen molar-refractivity contribution in [2.75, 3.05) is 32.8 Å². The highest BCUT2D eigenvalue weighted by Gasteiger charge is 2.28. The van der Waals surface area contributed by atoms with Crippen molar-refractivity contribution in [1.82, 2.24) is 19.6 Å². The molecule has 138 valence electrons. The highest BCUT2D eigenvalue weighted by atomic mass is 16.5. The molecule has 7 nitrogen and oxygen atoms in total. The molecule has 1 aromatic heterocycles. The molecular weight excluding hydrogens is 320 g/mol. The lowest BCUT2D eigenvalue weighted by atomic mass is 10.1. The zero-order chi connectivity index (χ0) is 17.6. The molecule has 3 rings (SSSR count). The van der Waals surface area contributed by atoms with E-state index in [0.717, 1.165) is 44.5 Å². The monoisotopic (exact) mass is 348 g/mol. The van der Waals surface area contributed by atoms with Gasteiger partial charge in [-0.3, -0.25) is 14.3 Å². The van der Waals surface area contributed by atoms with E-state index in [0.29, 0.717) is 26.1 Å².